The molecule has 0 saturated carbocycles. The topological polar surface area (TPSA) is 59.9 Å². The molecular formula is C21H18N4O. The largest absolute Gasteiger partial charge is 0.497 e. The summed E-state index contributed by atoms with van der Waals surface area (Å²) in [4.78, 5) is 13.5. The first-order valence-electron chi connectivity index (χ1n) is 8.37. The molecule has 0 saturated heterocycles. The number of hydrogen-bond acceptors (Lipinski definition) is 5. The lowest BCUT2D eigenvalue weighted by Crippen LogP contribution is -2.04. The lowest BCUT2D eigenvalue weighted by molar-refractivity contribution is 0.414. The van der Waals surface area contributed by atoms with Gasteiger partial charge < -0.3 is 10.1 Å². The van der Waals surface area contributed by atoms with Crippen LogP contribution in [0.3, 0.4) is 0 Å². The fourth-order valence-corrected chi connectivity index (χ4v) is 2.81. The van der Waals surface area contributed by atoms with E-state index in [1.165, 1.54) is 0 Å². The average molecular weight is 342 g/mol. The number of nitrogens with one attached hydrogen (secondary N) is 1. The zero-order valence-corrected chi connectivity index (χ0v) is 14.4. The van der Waals surface area contributed by atoms with E-state index >= 15 is 0 Å². The van der Waals surface area contributed by atoms with Crippen molar-refractivity contribution in [2.24, 2.45) is 0 Å². The van der Waals surface area contributed by atoms with Crippen LogP contribution in [0.2, 0.25) is 0 Å². The van der Waals surface area contributed by atoms with Crippen molar-refractivity contribution in [3.05, 3.63) is 78.6 Å². The van der Waals surface area contributed by atoms with Crippen LogP contribution in [0.5, 0.6) is 5.75 Å². The van der Waals surface area contributed by atoms with Crippen molar-refractivity contribution in [1.82, 2.24) is 15.0 Å². The van der Waals surface area contributed by atoms with Crippen molar-refractivity contribution in [2.45, 2.75) is 6.54 Å². The van der Waals surface area contributed by atoms with E-state index in [1.807, 2.05) is 54.6 Å². The standard InChI is InChI=1S/C21H18N4O/c1-26-17-6-4-5-15(13-17)14-23-21-18-7-2-3-8-19(18)24-20(25-21)16-9-11-22-12-10-16/h2-13H,14H2,1H3,(H,23,24,25). The van der Waals surface area contributed by atoms with Gasteiger partial charge in [-0.05, 0) is 42.0 Å². The number of benzene rings is 2. The van der Waals surface area contributed by atoms with Gasteiger partial charge in [0.25, 0.3) is 0 Å². The highest BCUT2D eigenvalue weighted by atomic mass is 16.5. The third-order valence-electron chi connectivity index (χ3n) is 4.14. The van der Waals surface area contributed by atoms with Gasteiger partial charge in [-0.15, -0.1) is 0 Å². The molecule has 0 bridgehead atoms. The predicted octanol–water partition coefficient (Wildman–Crippen LogP) is 4.31. The van der Waals surface area contributed by atoms with Crippen LogP contribution in [0, 0.1) is 0 Å². The molecule has 5 heteroatoms. The van der Waals surface area contributed by atoms with Gasteiger partial charge in [0.05, 0.1) is 12.6 Å². The Hall–Kier alpha value is -3.47. The summed E-state index contributed by atoms with van der Waals surface area (Å²) in [6.45, 7) is 0.647. The molecule has 0 aliphatic carbocycles. The number of methoxy groups -OCH3 is 1. The van der Waals surface area contributed by atoms with E-state index in [0.717, 1.165) is 33.6 Å². The summed E-state index contributed by atoms with van der Waals surface area (Å²) in [7, 11) is 1.67. The van der Waals surface area contributed by atoms with Crippen molar-refractivity contribution in [3.8, 4) is 17.1 Å². The maximum Gasteiger partial charge on any atom is 0.162 e. The Balaban J connectivity index is 1.71. The highest BCUT2D eigenvalue weighted by Crippen LogP contribution is 2.25. The molecule has 2 heterocycles. The van der Waals surface area contributed by atoms with Crippen LogP contribution < -0.4 is 10.1 Å². The quantitative estimate of drug-likeness (QED) is 0.585. The Bertz CT molecular complexity index is 1030. The number of pyridine rings is 1. The smallest absolute Gasteiger partial charge is 0.162 e. The van der Waals surface area contributed by atoms with Gasteiger partial charge in [-0.3, -0.25) is 4.98 Å². The van der Waals surface area contributed by atoms with E-state index in [4.69, 9.17) is 9.72 Å². The molecule has 4 aromatic rings. The Morgan fingerprint density at radius 2 is 1.77 bits per heavy atom. The number of rotatable bonds is 5. The van der Waals surface area contributed by atoms with Crippen LogP contribution in [0.1, 0.15) is 5.56 Å². The number of aromatic nitrogens is 3. The molecule has 0 aliphatic rings. The summed E-state index contributed by atoms with van der Waals surface area (Å²) < 4.78 is 5.29. The zero-order chi connectivity index (χ0) is 17.8. The lowest BCUT2D eigenvalue weighted by atomic mass is 10.2. The molecule has 128 valence electrons. The summed E-state index contributed by atoms with van der Waals surface area (Å²) in [6, 6.07) is 19.8. The van der Waals surface area contributed by atoms with Gasteiger partial charge in [0.15, 0.2) is 5.82 Å². The zero-order valence-electron chi connectivity index (χ0n) is 14.4. The Kier molecular flexibility index (Phi) is 4.43. The third kappa shape index (κ3) is 3.32. The van der Waals surface area contributed by atoms with E-state index < -0.39 is 0 Å². The van der Waals surface area contributed by atoms with Crippen LogP contribution in [-0.2, 0) is 6.54 Å². The van der Waals surface area contributed by atoms with Crippen molar-refractivity contribution in [1.29, 1.82) is 0 Å². The molecule has 0 fully saturated rings. The van der Waals surface area contributed by atoms with Crippen LogP contribution in [0.25, 0.3) is 22.3 Å². The molecule has 0 amide bonds. The van der Waals surface area contributed by atoms with Crippen molar-refractivity contribution in [2.75, 3.05) is 12.4 Å². The van der Waals surface area contributed by atoms with Gasteiger partial charge in [-0.1, -0.05) is 24.3 Å². The number of nitrogens with zero attached hydrogens (tertiary/aromatic N) is 3. The third-order valence-corrected chi connectivity index (χ3v) is 4.14. The monoisotopic (exact) mass is 342 g/mol. The van der Waals surface area contributed by atoms with E-state index in [2.05, 4.69) is 21.4 Å². The van der Waals surface area contributed by atoms with Gasteiger partial charge in [-0.25, -0.2) is 9.97 Å². The molecule has 0 spiro atoms. The summed E-state index contributed by atoms with van der Waals surface area (Å²) in [5, 5.41) is 4.44. The number of ether oxygens (including phenoxy) is 1. The van der Waals surface area contributed by atoms with E-state index in [0.29, 0.717) is 12.4 Å². The van der Waals surface area contributed by atoms with Crippen LogP contribution in [-0.4, -0.2) is 22.1 Å². The van der Waals surface area contributed by atoms with Crippen LogP contribution in [0.4, 0.5) is 5.82 Å². The number of para-hydroxylation sites is 1. The maximum atomic E-state index is 5.29. The van der Waals surface area contributed by atoms with Crippen molar-refractivity contribution >= 4 is 16.7 Å². The normalized spacial score (nSPS) is 10.7. The highest BCUT2D eigenvalue weighted by molar-refractivity contribution is 5.90. The molecule has 0 radical (unpaired) electrons. The first kappa shape index (κ1) is 16.0. The Morgan fingerprint density at radius 3 is 2.62 bits per heavy atom. The van der Waals surface area contributed by atoms with E-state index in [1.54, 1.807) is 19.5 Å². The highest BCUT2D eigenvalue weighted by Gasteiger charge is 2.09. The van der Waals surface area contributed by atoms with Crippen LogP contribution >= 0.6 is 0 Å². The Labute approximate surface area is 151 Å². The molecule has 2 aromatic heterocycles. The molecule has 4 rings (SSSR count). The number of anilines is 1. The van der Waals surface area contributed by atoms with Gasteiger partial charge in [0.2, 0.25) is 0 Å². The minimum Gasteiger partial charge on any atom is -0.497 e. The number of fused-ring (bicyclic) bond motifs is 1. The first-order chi connectivity index (χ1) is 12.8. The molecule has 0 unspecified atom stereocenters. The van der Waals surface area contributed by atoms with Crippen molar-refractivity contribution in [3.63, 3.8) is 0 Å². The van der Waals surface area contributed by atoms with Crippen LogP contribution in [0.15, 0.2) is 73.1 Å². The maximum absolute atomic E-state index is 5.29. The second-order valence-corrected chi connectivity index (χ2v) is 5.85. The predicted molar refractivity (Wildman–Crippen MR) is 103 cm³/mol. The summed E-state index contributed by atoms with van der Waals surface area (Å²) >= 11 is 0. The summed E-state index contributed by atoms with van der Waals surface area (Å²) in [5.74, 6) is 2.33. The number of hydrogen-bond donors (Lipinski definition) is 1. The van der Waals surface area contributed by atoms with Crippen molar-refractivity contribution < 1.29 is 4.74 Å². The minimum absolute atomic E-state index is 0.647. The first-order valence-corrected chi connectivity index (χ1v) is 8.37. The molecule has 2 aromatic carbocycles. The average Bonchev–Trinajstić information content (AvgIpc) is 2.72. The molecular weight excluding hydrogens is 324 g/mol. The molecule has 5 nitrogen and oxygen atoms in total. The SMILES string of the molecule is COc1cccc(CNc2nc(-c3ccncc3)nc3ccccc23)c1. The van der Waals surface area contributed by atoms with Gasteiger partial charge >= 0.3 is 0 Å². The van der Waals surface area contributed by atoms with Gasteiger partial charge in [0.1, 0.15) is 11.6 Å². The fourth-order valence-electron chi connectivity index (χ4n) is 2.81. The Morgan fingerprint density at radius 1 is 0.923 bits per heavy atom. The molecule has 1 N–H and O–H groups in total. The lowest BCUT2D eigenvalue weighted by Gasteiger charge is -2.11. The second kappa shape index (κ2) is 7.19. The summed E-state index contributed by atoms with van der Waals surface area (Å²) in [5.41, 5.74) is 2.97. The van der Waals surface area contributed by atoms with E-state index in [9.17, 15) is 0 Å². The minimum atomic E-state index is 0.647. The van der Waals surface area contributed by atoms with Gasteiger partial charge in [-0.2, -0.15) is 0 Å². The second-order valence-electron chi connectivity index (χ2n) is 5.85. The fraction of sp³-hybridized carbons (Fsp3) is 0.0952. The summed E-state index contributed by atoms with van der Waals surface area (Å²) in [6.07, 6.45) is 3.49. The van der Waals surface area contributed by atoms with E-state index in [-0.39, 0.29) is 0 Å². The molecule has 0 atom stereocenters. The molecule has 0 aliphatic heterocycles. The van der Waals surface area contributed by atoms with Gasteiger partial charge in [0, 0.05) is 29.9 Å². The molecule has 26 heavy (non-hydrogen) atoms.